The Morgan fingerprint density at radius 2 is 1.88 bits per heavy atom. The van der Waals surface area contributed by atoms with Gasteiger partial charge >= 0.3 is 5.97 Å². The molecule has 0 aliphatic rings. The van der Waals surface area contributed by atoms with E-state index in [2.05, 4.69) is 40.0 Å². The number of aryl methyl sites for hydroxylation is 1. The smallest absolute Gasteiger partial charge is 0.336 e. The summed E-state index contributed by atoms with van der Waals surface area (Å²) in [5, 5.41) is 10.1. The highest BCUT2D eigenvalue weighted by Gasteiger charge is 2.11. The third-order valence-corrected chi connectivity index (χ3v) is 4.35. The molecule has 4 heteroatoms. The SMILES string of the molecule is CCc1ccc(C=Cc2cc(C(=O)O)c3cc(Br)ccc3n2)cc1. The van der Waals surface area contributed by atoms with Gasteiger partial charge in [0.1, 0.15) is 0 Å². The normalized spacial score (nSPS) is 11.2. The van der Waals surface area contributed by atoms with E-state index in [1.54, 1.807) is 12.1 Å². The van der Waals surface area contributed by atoms with Crippen LogP contribution in [-0.2, 0) is 6.42 Å². The van der Waals surface area contributed by atoms with Gasteiger partial charge in [0.2, 0.25) is 0 Å². The van der Waals surface area contributed by atoms with Crippen molar-refractivity contribution in [3.05, 3.63) is 75.4 Å². The van der Waals surface area contributed by atoms with E-state index in [0.29, 0.717) is 16.6 Å². The highest BCUT2D eigenvalue weighted by atomic mass is 79.9. The predicted octanol–water partition coefficient (Wildman–Crippen LogP) is 5.43. The van der Waals surface area contributed by atoms with Crippen LogP contribution in [0, 0.1) is 0 Å². The van der Waals surface area contributed by atoms with Gasteiger partial charge < -0.3 is 5.11 Å². The highest BCUT2D eigenvalue weighted by Crippen LogP contribution is 2.23. The van der Waals surface area contributed by atoms with E-state index in [-0.39, 0.29) is 5.56 Å². The van der Waals surface area contributed by atoms with Crippen molar-refractivity contribution in [2.75, 3.05) is 0 Å². The molecule has 120 valence electrons. The van der Waals surface area contributed by atoms with Crippen LogP contribution in [0.5, 0.6) is 0 Å². The molecule has 0 aliphatic carbocycles. The molecule has 0 bridgehead atoms. The van der Waals surface area contributed by atoms with Gasteiger partial charge in [0.15, 0.2) is 0 Å². The minimum absolute atomic E-state index is 0.252. The van der Waals surface area contributed by atoms with Crippen molar-refractivity contribution in [2.45, 2.75) is 13.3 Å². The first-order valence-electron chi connectivity index (χ1n) is 7.67. The summed E-state index contributed by atoms with van der Waals surface area (Å²) in [7, 11) is 0. The molecule has 2 aromatic carbocycles. The maximum absolute atomic E-state index is 11.6. The second-order valence-electron chi connectivity index (χ2n) is 5.49. The predicted molar refractivity (Wildman–Crippen MR) is 101 cm³/mol. The number of rotatable bonds is 4. The molecule has 0 saturated carbocycles. The van der Waals surface area contributed by atoms with E-state index in [0.717, 1.165) is 16.5 Å². The van der Waals surface area contributed by atoms with Crippen molar-refractivity contribution < 1.29 is 9.90 Å². The van der Waals surface area contributed by atoms with Crippen molar-refractivity contribution in [2.24, 2.45) is 0 Å². The number of hydrogen-bond donors (Lipinski definition) is 1. The molecule has 1 aromatic heterocycles. The van der Waals surface area contributed by atoms with Crippen LogP contribution in [0.2, 0.25) is 0 Å². The largest absolute Gasteiger partial charge is 0.478 e. The molecular formula is C20H16BrNO2. The van der Waals surface area contributed by atoms with E-state index in [1.807, 2.05) is 36.4 Å². The number of benzene rings is 2. The van der Waals surface area contributed by atoms with Gasteiger partial charge in [0.25, 0.3) is 0 Å². The number of hydrogen-bond acceptors (Lipinski definition) is 2. The van der Waals surface area contributed by atoms with E-state index < -0.39 is 5.97 Å². The first-order chi connectivity index (χ1) is 11.6. The van der Waals surface area contributed by atoms with Crippen molar-refractivity contribution in [1.82, 2.24) is 4.98 Å². The summed E-state index contributed by atoms with van der Waals surface area (Å²) in [5.74, 6) is -0.956. The van der Waals surface area contributed by atoms with Gasteiger partial charge in [-0.1, -0.05) is 53.2 Å². The average Bonchev–Trinajstić information content (AvgIpc) is 2.59. The Hall–Kier alpha value is -2.46. The number of nitrogens with zero attached hydrogens (tertiary/aromatic N) is 1. The summed E-state index contributed by atoms with van der Waals surface area (Å²) >= 11 is 3.37. The first-order valence-corrected chi connectivity index (χ1v) is 8.47. The van der Waals surface area contributed by atoms with Crippen molar-refractivity contribution in [1.29, 1.82) is 0 Å². The zero-order valence-electron chi connectivity index (χ0n) is 13.2. The Bertz CT molecular complexity index is 930. The number of fused-ring (bicyclic) bond motifs is 1. The summed E-state index contributed by atoms with van der Waals surface area (Å²) in [6, 6.07) is 15.3. The van der Waals surface area contributed by atoms with Crippen molar-refractivity contribution in [3.8, 4) is 0 Å². The molecule has 0 spiro atoms. The number of carbonyl (C=O) groups is 1. The van der Waals surface area contributed by atoms with E-state index >= 15 is 0 Å². The fourth-order valence-electron chi connectivity index (χ4n) is 2.53. The quantitative estimate of drug-likeness (QED) is 0.655. The maximum Gasteiger partial charge on any atom is 0.336 e. The van der Waals surface area contributed by atoms with Crippen molar-refractivity contribution in [3.63, 3.8) is 0 Å². The molecule has 0 saturated heterocycles. The van der Waals surface area contributed by atoms with Crippen LogP contribution in [0.1, 0.15) is 34.1 Å². The number of carboxylic acids is 1. The lowest BCUT2D eigenvalue weighted by atomic mass is 10.1. The zero-order valence-corrected chi connectivity index (χ0v) is 14.7. The van der Waals surface area contributed by atoms with Gasteiger partial charge in [-0.3, -0.25) is 0 Å². The van der Waals surface area contributed by atoms with Crippen LogP contribution >= 0.6 is 15.9 Å². The van der Waals surface area contributed by atoms with Crippen molar-refractivity contribution >= 4 is 45.0 Å². The Kier molecular flexibility index (Phi) is 4.76. The molecular weight excluding hydrogens is 366 g/mol. The number of pyridine rings is 1. The van der Waals surface area contributed by atoms with Crippen LogP contribution < -0.4 is 0 Å². The first kappa shape index (κ1) is 16.4. The minimum Gasteiger partial charge on any atom is -0.478 e. The van der Waals surface area contributed by atoms with Crippen LogP contribution in [0.25, 0.3) is 23.1 Å². The Labute approximate surface area is 148 Å². The monoisotopic (exact) mass is 381 g/mol. The van der Waals surface area contributed by atoms with Gasteiger partial charge in [0, 0.05) is 9.86 Å². The highest BCUT2D eigenvalue weighted by molar-refractivity contribution is 9.10. The number of aromatic carboxylic acids is 1. The molecule has 0 unspecified atom stereocenters. The van der Waals surface area contributed by atoms with Gasteiger partial charge in [-0.15, -0.1) is 0 Å². The lowest BCUT2D eigenvalue weighted by Gasteiger charge is -2.05. The van der Waals surface area contributed by atoms with E-state index in [9.17, 15) is 9.90 Å². The van der Waals surface area contributed by atoms with Crippen LogP contribution in [0.3, 0.4) is 0 Å². The number of carboxylic acid groups (broad SMARTS) is 1. The molecule has 0 fully saturated rings. The van der Waals surface area contributed by atoms with Gasteiger partial charge in [-0.05, 0) is 47.9 Å². The number of aromatic nitrogens is 1. The summed E-state index contributed by atoms with van der Waals surface area (Å²) in [4.78, 5) is 16.1. The zero-order chi connectivity index (χ0) is 17.1. The van der Waals surface area contributed by atoms with Gasteiger partial charge in [-0.2, -0.15) is 0 Å². The van der Waals surface area contributed by atoms with Crippen LogP contribution in [-0.4, -0.2) is 16.1 Å². The molecule has 1 heterocycles. The molecule has 0 radical (unpaired) electrons. The molecule has 1 N–H and O–H groups in total. The standard InChI is InChI=1S/C20H16BrNO2/c1-2-13-3-5-14(6-4-13)7-9-16-12-18(20(23)24)17-11-15(21)8-10-19(17)22-16/h3-12H,2H2,1H3,(H,23,24). The lowest BCUT2D eigenvalue weighted by Crippen LogP contribution is -2.00. The average molecular weight is 382 g/mol. The third-order valence-electron chi connectivity index (χ3n) is 3.86. The topological polar surface area (TPSA) is 50.2 Å². The molecule has 3 aromatic rings. The van der Waals surface area contributed by atoms with E-state index in [1.165, 1.54) is 5.56 Å². The lowest BCUT2D eigenvalue weighted by molar-refractivity contribution is 0.0699. The van der Waals surface area contributed by atoms with Gasteiger partial charge in [-0.25, -0.2) is 9.78 Å². The van der Waals surface area contributed by atoms with Crippen LogP contribution in [0.15, 0.2) is 53.0 Å². The molecule has 24 heavy (non-hydrogen) atoms. The summed E-state index contributed by atoms with van der Waals surface area (Å²) in [5.41, 5.74) is 3.89. The Morgan fingerprint density at radius 3 is 2.54 bits per heavy atom. The van der Waals surface area contributed by atoms with Crippen LogP contribution in [0.4, 0.5) is 0 Å². The summed E-state index contributed by atoms with van der Waals surface area (Å²) in [6.45, 7) is 2.12. The summed E-state index contributed by atoms with van der Waals surface area (Å²) < 4.78 is 0.832. The second kappa shape index (κ2) is 6.97. The molecule has 0 aliphatic heterocycles. The Balaban J connectivity index is 2.01. The third kappa shape index (κ3) is 3.54. The molecule has 0 amide bonds. The summed E-state index contributed by atoms with van der Waals surface area (Å²) in [6.07, 6.45) is 4.79. The van der Waals surface area contributed by atoms with Gasteiger partial charge in [0.05, 0.1) is 16.8 Å². The fourth-order valence-corrected chi connectivity index (χ4v) is 2.89. The molecule has 0 atom stereocenters. The maximum atomic E-state index is 11.6. The second-order valence-corrected chi connectivity index (χ2v) is 6.41. The Morgan fingerprint density at radius 1 is 1.12 bits per heavy atom. The molecule has 3 nitrogen and oxygen atoms in total. The van der Waals surface area contributed by atoms with E-state index in [4.69, 9.17) is 0 Å². The number of halogens is 1. The fraction of sp³-hybridized carbons (Fsp3) is 0.100. The molecule has 3 rings (SSSR count). The minimum atomic E-state index is -0.956.